The van der Waals surface area contributed by atoms with Crippen LogP contribution in [0.25, 0.3) is 0 Å². The van der Waals surface area contributed by atoms with Gasteiger partial charge in [0.2, 0.25) is 0 Å². The zero-order valence-corrected chi connectivity index (χ0v) is 12.0. The van der Waals surface area contributed by atoms with Crippen LogP contribution in [0.5, 0.6) is 0 Å². The number of ether oxygens (including phenoxy) is 1. The maximum absolute atomic E-state index is 9.93. The lowest BCUT2D eigenvalue weighted by Gasteiger charge is -2.41. The highest BCUT2D eigenvalue weighted by Gasteiger charge is 2.25. The molecule has 1 atom stereocenters. The Balaban J connectivity index is 1.65. The summed E-state index contributed by atoms with van der Waals surface area (Å²) in [6, 6.07) is 0.724. The molecule has 0 aromatic heterocycles. The Labute approximate surface area is 117 Å². The van der Waals surface area contributed by atoms with Crippen molar-refractivity contribution in [2.75, 3.05) is 45.9 Å². The maximum atomic E-state index is 9.93. The largest absolute Gasteiger partial charge is 0.392 e. The number of aliphatic hydroxyl groups is 1. The quantitative estimate of drug-likeness (QED) is 0.732. The van der Waals surface area contributed by atoms with Crippen LogP contribution in [0.1, 0.15) is 25.7 Å². The standard InChI is InChI=1S/C15H28N2O2/c1-2-3-4-15(18)13-16-7-9-17(10-8-16)14-5-11-19-12-6-14/h2,14-15,18H,1,3-13H2. The van der Waals surface area contributed by atoms with Crippen molar-refractivity contribution < 1.29 is 9.84 Å². The van der Waals surface area contributed by atoms with E-state index < -0.39 is 0 Å². The average molecular weight is 268 g/mol. The van der Waals surface area contributed by atoms with E-state index in [0.29, 0.717) is 0 Å². The first kappa shape index (κ1) is 15.0. The lowest BCUT2D eigenvalue weighted by Crippen LogP contribution is -2.52. The van der Waals surface area contributed by atoms with E-state index in [9.17, 15) is 5.11 Å². The zero-order valence-electron chi connectivity index (χ0n) is 12.0. The Kier molecular flexibility index (Phi) is 6.31. The lowest BCUT2D eigenvalue weighted by molar-refractivity contribution is 0.00554. The second-order valence-electron chi connectivity index (χ2n) is 5.70. The van der Waals surface area contributed by atoms with Gasteiger partial charge in [0, 0.05) is 52.0 Å². The monoisotopic (exact) mass is 268 g/mol. The van der Waals surface area contributed by atoms with Crippen LogP contribution in [0.15, 0.2) is 12.7 Å². The van der Waals surface area contributed by atoms with E-state index >= 15 is 0 Å². The van der Waals surface area contributed by atoms with Crippen molar-refractivity contribution >= 4 is 0 Å². The summed E-state index contributed by atoms with van der Waals surface area (Å²) in [5.74, 6) is 0. The van der Waals surface area contributed by atoms with Crippen molar-refractivity contribution in [1.82, 2.24) is 9.80 Å². The van der Waals surface area contributed by atoms with Gasteiger partial charge in [-0.05, 0) is 25.7 Å². The number of rotatable bonds is 6. The minimum Gasteiger partial charge on any atom is -0.392 e. The molecular weight excluding hydrogens is 240 g/mol. The molecule has 0 spiro atoms. The first-order valence-electron chi connectivity index (χ1n) is 7.62. The van der Waals surface area contributed by atoms with Gasteiger partial charge in [-0.3, -0.25) is 9.80 Å². The van der Waals surface area contributed by atoms with Gasteiger partial charge in [-0.2, -0.15) is 0 Å². The van der Waals surface area contributed by atoms with Crippen molar-refractivity contribution in [3.63, 3.8) is 0 Å². The van der Waals surface area contributed by atoms with Crippen molar-refractivity contribution in [2.45, 2.75) is 37.8 Å². The summed E-state index contributed by atoms with van der Waals surface area (Å²) in [4.78, 5) is 5.00. The predicted molar refractivity (Wildman–Crippen MR) is 77.3 cm³/mol. The van der Waals surface area contributed by atoms with Gasteiger partial charge < -0.3 is 9.84 Å². The molecule has 2 aliphatic rings. The van der Waals surface area contributed by atoms with Gasteiger partial charge in [-0.15, -0.1) is 6.58 Å². The van der Waals surface area contributed by atoms with Crippen molar-refractivity contribution in [3.05, 3.63) is 12.7 Å². The minimum atomic E-state index is -0.201. The number of nitrogens with zero attached hydrogens (tertiary/aromatic N) is 2. The Hall–Kier alpha value is -0.420. The molecule has 0 aromatic rings. The Morgan fingerprint density at radius 2 is 1.89 bits per heavy atom. The van der Waals surface area contributed by atoms with E-state index in [-0.39, 0.29) is 6.10 Å². The number of allylic oxidation sites excluding steroid dienone is 1. The maximum Gasteiger partial charge on any atom is 0.0670 e. The third kappa shape index (κ3) is 4.88. The summed E-state index contributed by atoms with van der Waals surface area (Å²) >= 11 is 0. The minimum absolute atomic E-state index is 0.201. The number of piperazine rings is 1. The van der Waals surface area contributed by atoms with Crippen LogP contribution in [0.3, 0.4) is 0 Å². The summed E-state index contributed by atoms with van der Waals surface area (Å²) in [6.07, 6.45) is 5.79. The smallest absolute Gasteiger partial charge is 0.0670 e. The molecule has 0 aliphatic carbocycles. The highest BCUT2D eigenvalue weighted by atomic mass is 16.5. The predicted octanol–water partition coefficient (Wildman–Crippen LogP) is 1.11. The van der Waals surface area contributed by atoms with E-state index in [2.05, 4.69) is 16.4 Å². The molecule has 2 saturated heterocycles. The normalized spacial score (nSPS) is 25.3. The van der Waals surface area contributed by atoms with Crippen LogP contribution >= 0.6 is 0 Å². The van der Waals surface area contributed by atoms with Gasteiger partial charge in [0.25, 0.3) is 0 Å². The zero-order chi connectivity index (χ0) is 13.5. The Morgan fingerprint density at radius 3 is 2.53 bits per heavy atom. The van der Waals surface area contributed by atoms with Crippen LogP contribution in [0.2, 0.25) is 0 Å². The summed E-state index contributed by atoms with van der Waals surface area (Å²) in [5.41, 5.74) is 0. The SMILES string of the molecule is C=CCCC(O)CN1CCN(C2CCOCC2)CC1. The molecule has 0 saturated carbocycles. The van der Waals surface area contributed by atoms with Crippen LogP contribution < -0.4 is 0 Å². The molecule has 2 heterocycles. The molecular formula is C15H28N2O2. The molecule has 2 fully saturated rings. The number of aliphatic hydroxyl groups excluding tert-OH is 1. The molecule has 4 nitrogen and oxygen atoms in total. The van der Waals surface area contributed by atoms with E-state index in [0.717, 1.165) is 64.8 Å². The van der Waals surface area contributed by atoms with Crippen LogP contribution in [-0.2, 0) is 4.74 Å². The van der Waals surface area contributed by atoms with E-state index in [1.165, 1.54) is 12.8 Å². The summed E-state index contributed by atoms with van der Waals surface area (Å²) in [6.45, 7) is 10.8. The third-order valence-corrected chi connectivity index (χ3v) is 4.29. The van der Waals surface area contributed by atoms with E-state index in [4.69, 9.17) is 4.74 Å². The molecule has 4 heteroatoms. The molecule has 0 aromatic carbocycles. The fourth-order valence-electron chi connectivity index (χ4n) is 3.06. The van der Waals surface area contributed by atoms with Crippen molar-refractivity contribution in [1.29, 1.82) is 0 Å². The number of β-amino-alcohol motifs (C(OH)–C–C–N with tert-alkyl or cyclic N) is 1. The molecule has 0 bridgehead atoms. The molecule has 2 rings (SSSR count). The Bertz CT molecular complexity index is 259. The van der Waals surface area contributed by atoms with Gasteiger partial charge in [0.05, 0.1) is 6.10 Å². The van der Waals surface area contributed by atoms with Gasteiger partial charge in [0.15, 0.2) is 0 Å². The van der Waals surface area contributed by atoms with E-state index in [1.54, 1.807) is 0 Å². The Morgan fingerprint density at radius 1 is 1.21 bits per heavy atom. The summed E-state index contributed by atoms with van der Waals surface area (Å²) < 4.78 is 5.42. The molecule has 1 unspecified atom stereocenters. The van der Waals surface area contributed by atoms with Gasteiger partial charge >= 0.3 is 0 Å². The molecule has 1 N–H and O–H groups in total. The van der Waals surface area contributed by atoms with Gasteiger partial charge in [-0.1, -0.05) is 6.08 Å². The molecule has 19 heavy (non-hydrogen) atoms. The van der Waals surface area contributed by atoms with Crippen molar-refractivity contribution in [3.8, 4) is 0 Å². The number of hydrogen-bond donors (Lipinski definition) is 1. The van der Waals surface area contributed by atoms with Gasteiger partial charge in [0.1, 0.15) is 0 Å². The molecule has 110 valence electrons. The van der Waals surface area contributed by atoms with Crippen LogP contribution in [-0.4, -0.2) is 73.0 Å². The van der Waals surface area contributed by atoms with Crippen LogP contribution in [0, 0.1) is 0 Å². The summed E-state index contributed by atoms with van der Waals surface area (Å²) in [5, 5.41) is 9.93. The van der Waals surface area contributed by atoms with Crippen LogP contribution in [0.4, 0.5) is 0 Å². The molecule has 0 radical (unpaired) electrons. The summed E-state index contributed by atoms with van der Waals surface area (Å²) in [7, 11) is 0. The second-order valence-corrected chi connectivity index (χ2v) is 5.70. The fourth-order valence-corrected chi connectivity index (χ4v) is 3.06. The van der Waals surface area contributed by atoms with Crippen molar-refractivity contribution in [2.24, 2.45) is 0 Å². The first-order valence-corrected chi connectivity index (χ1v) is 7.62. The molecule has 2 aliphatic heterocycles. The highest BCUT2D eigenvalue weighted by molar-refractivity contribution is 4.81. The second kappa shape index (κ2) is 8.00. The first-order chi connectivity index (χ1) is 9.29. The lowest BCUT2D eigenvalue weighted by atomic mass is 10.1. The third-order valence-electron chi connectivity index (χ3n) is 4.29. The average Bonchev–Trinajstić information content (AvgIpc) is 2.47. The highest BCUT2D eigenvalue weighted by Crippen LogP contribution is 2.16. The van der Waals surface area contributed by atoms with Gasteiger partial charge in [-0.25, -0.2) is 0 Å². The fraction of sp³-hybridized carbons (Fsp3) is 0.867. The number of hydrogen-bond acceptors (Lipinski definition) is 4. The molecule has 0 amide bonds. The van der Waals surface area contributed by atoms with E-state index in [1.807, 2.05) is 6.08 Å². The topological polar surface area (TPSA) is 35.9 Å².